The number of halogens is 3. The van der Waals surface area contributed by atoms with E-state index in [2.05, 4.69) is 31.9 Å². The van der Waals surface area contributed by atoms with Crippen LogP contribution in [0.1, 0.15) is 16.7 Å². The van der Waals surface area contributed by atoms with E-state index in [1.165, 1.54) is 4.90 Å². The quantitative estimate of drug-likeness (QED) is 0.197. The lowest BCUT2D eigenvalue weighted by Crippen LogP contribution is -2.27. The number of carbonyl (C=O) groups excluding carboxylic acids is 2. The fourth-order valence-corrected chi connectivity index (χ4v) is 6.34. The van der Waals surface area contributed by atoms with Crippen LogP contribution in [-0.4, -0.2) is 16.0 Å². The number of amides is 2. The van der Waals surface area contributed by atoms with Crippen molar-refractivity contribution in [2.24, 2.45) is 0 Å². The molecular formula is C28H18Br2ClNO3S. The molecule has 1 fully saturated rings. The summed E-state index contributed by atoms with van der Waals surface area (Å²) in [5.41, 5.74) is 2.69. The molecule has 5 rings (SSSR count). The number of ether oxygens (including phenoxy) is 1. The number of benzene rings is 4. The summed E-state index contributed by atoms with van der Waals surface area (Å²) in [6, 6.07) is 25.0. The molecule has 1 saturated heterocycles. The van der Waals surface area contributed by atoms with Crippen LogP contribution in [-0.2, 0) is 17.9 Å². The smallest absolute Gasteiger partial charge is 0.293 e. The molecule has 36 heavy (non-hydrogen) atoms. The van der Waals surface area contributed by atoms with Gasteiger partial charge in [0.25, 0.3) is 11.1 Å². The summed E-state index contributed by atoms with van der Waals surface area (Å²) >= 11 is 14.0. The molecule has 0 atom stereocenters. The van der Waals surface area contributed by atoms with Gasteiger partial charge in [-0.3, -0.25) is 14.5 Å². The highest BCUT2D eigenvalue weighted by Crippen LogP contribution is 2.38. The molecule has 1 aliphatic rings. The third kappa shape index (κ3) is 5.39. The molecular weight excluding hydrogens is 626 g/mol. The predicted molar refractivity (Wildman–Crippen MR) is 153 cm³/mol. The number of imide groups is 1. The maximum atomic E-state index is 13.1. The molecule has 0 unspecified atom stereocenters. The Labute approximate surface area is 234 Å². The van der Waals surface area contributed by atoms with E-state index in [4.69, 9.17) is 16.3 Å². The van der Waals surface area contributed by atoms with E-state index < -0.39 is 0 Å². The van der Waals surface area contributed by atoms with Crippen LogP contribution < -0.4 is 4.74 Å². The lowest BCUT2D eigenvalue weighted by Gasteiger charge is -2.14. The third-order valence-electron chi connectivity index (χ3n) is 5.70. The molecule has 0 aliphatic carbocycles. The van der Waals surface area contributed by atoms with Crippen molar-refractivity contribution in [2.75, 3.05) is 0 Å². The summed E-state index contributed by atoms with van der Waals surface area (Å²) in [6.07, 6.45) is 1.73. The molecule has 0 bridgehead atoms. The van der Waals surface area contributed by atoms with E-state index in [0.29, 0.717) is 22.3 Å². The molecule has 1 aliphatic heterocycles. The van der Waals surface area contributed by atoms with Crippen molar-refractivity contribution in [1.82, 2.24) is 4.90 Å². The van der Waals surface area contributed by atoms with E-state index in [0.717, 1.165) is 48.2 Å². The largest absolute Gasteiger partial charge is 0.487 e. The monoisotopic (exact) mass is 641 g/mol. The molecule has 0 N–H and O–H groups in total. The molecule has 1 heterocycles. The minimum absolute atomic E-state index is 0.230. The fourth-order valence-electron chi connectivity index (χ4n) is 3.93. The lowest BCUT2D eigenvalue weighted by molar-refractivity contribution is -0.123. The summed E-state index contributed by atoms with van der Waals surface area (Å²) in [4.78, 5) is 27.6. The Hall–Kier alpha value is -2.58. The maximum absolute atomic E-state index is 13.1. The van der Waals surface area contributed by atoms with E-state index in [1.807, 2.05) is 78.9 Å². The first kappa shape index (κ1) is 25.1. The van der Waals surface area contributed by atoms with E-state index >= 15 is 0 Å². The second-order valence-corrected chi connectivity index (χ2v) is 11.3. The molecule has 0 spiro atoms. The Balaban J connectivity index is 1.34. The summed E-state index contributed by atoms with van der Waals surface area (Å²) in [7, 11) is 0. The number of hydrogen-bond acceptors (Lipinski definition) is 4. The van der Waals surface area contributed by atoms with Gasteiger partial charge >= 0.3 is 0 Å². The fraction of sp³-hybridized carbons (Fsp3) is 0.0714. The molecule has 0 radical (unpaired) electrons. The van der Waals surface area contributed by atoms with Crippen LogP contribution in [0.25, 0.3) is 16.8 Å². The first-order chi connectivity index (χ1) is 17.4. The predicted octanol–water partition coefficient (Wildman–Crippen LogP) is 8.83. The summed E-state index contributed by atoms with van der Waals surface area (Å²) < 4.78 is 7.44. The normalized spacial score (nSPS) is 14.8. The van der Waals surface area contributed by atoms with Gasteiger partial charge in [0.15, 0.2) is 0 Å². The number of hydrogen-bond donors (Lipinski definition) is 0. The Kier molecular flexibility index (Phi) is 7.53. The van der Waals surface area contributed by atoms with Gasteiger partial charge in [-0.2, -0.15) is 0 Å². The minimum Gasteiger partial charge on any atom is -0.487 e. The van der Waals surface area contributed by atoms with Gasteiger partial charge in [0, 0.05) is 5.02 Å². The van der Waals surface area contributed by atoms with Crippen molar-refractivity contribution < 1.29 is 14.3 Å². The zero-order valence-electron chi connectivity index (χ0n) is 18.7. The molecule has 0 saturated carbocycles. The first-order valence-electron chi connectivity index (χ1n) is 11.0. The van der Waals surface area contributed by atoms with Crippen LogP contribution in [0.15, 0.2) is 92.7 Å². The highest BCUT2D eigenvalue weighted by molar-refractivity contribution is 9.11. The van der Waals surface area contributed by atoms with Crippen LogP contribution in [0.2, 0.25) is 5.02 Å². The van der Waals surface area contributed by atoms with Crippen molar-refractivity contribution in [3.63, 3.8) is 0 Å². The van der Waals surface area contributed by atoms with Gasteiger partial charge in [0.2, 0.25) is 0 Å². The average Bonchev–Trinajstić information content (AvgIpc) is 3.12. The zero-order valence-corrected chi connectivity index (χ0v) is 23.5. The third-order valence-corrected chi connectivity index (χ3v) is 8.03. The Morgan fingerprint density at radius 2 is 1.61 bits per heavy atom. The molecule has 4 aromatic rings. The second kappa shape index (κ2) is 10.8. The molecule has 8 heteroatoms. The van der Waals surface area contributed by atoms with Gasteiger partial charge in [0.1, 0.15) is 12.4 Å². The molecule has 180 valence electrons. The number of nitrogens with zero attached hydrogens (tertiary/aromatic N) is 1. The maximum Gasteiger partial charge on any atom is 0.293 e. The van der Waals surface area contributed by atoms with Gasteiger partial charge < -0.3 is 4.74 Å². The highest BCUT2D eigenvalue weighted by atomic mass is 79.9. The summed E-state index contributed by atoms with van der Waals surface area (Å²) in [5.74, 6) is 0.347. The van der Waals surface area contributed by atoms with Crippen LogP contribution in [0, 0.1) is 0 Å². The van der Waals surface area contributed by atoms with Gasteiger partial charge in [0.05, 0.1) is 20.4 Å². The minimum atomic E-state index is -0.298. The SMILES string of the molecule is O=C1S/C(=C\c2cc(Br)c(OCc3ccc(Cl)cc3)c(Br)c2)C(=O)N1Cc1cccc2ccccc12. The van der Waals surface area contributed by atoms with Gasteiger partial charge in [-0.1, -0.05) is 66.2 Å². The molecule has 4 nitrogen and oxygen atoms in total. The van der Waals surface area contributed by atoms with Crippen LogP contribution in [0.5, 0.6) is 5.75 Å². The number of thioether (sulfide) groups is 1. The average molecular weight is 644 g/mol. The van der Waals surface area contributed by atoms with Crippen LogP contribution in [0.4, 0.5) is 4.79 Å². The Morgan fingerprint density at radius 1 is 0.917 bits per heavy atom. The van der Waals surface area contributed by atoms with Gasteiger partial charge in [-0.25, -0.2) is 0 Å². The molecule has 4 aromatic carbocycles. The highest BCUT2D eigenvalue weighted by Gasteiger charge is 2.35. The van der Waals surface area contributed by atoms with Gasteiger partial charge in [-0.05, 0) is 101 Å². The zero-order chi connectivity index (χ0) is 25.2. The molecule has 0 aromatic heterocycles. The topological polar surface area (TPSA) is 46.6 Å². The van der Waals surface area contributed by atoms with Crippen molar-refractivity contribution in [3.8, 4) is 5.75 Å². The summed E-state index contributed by atoms with van der Waals surface area (Å²) in [5, 5.41) is 2.50. The number of carbonyl (C=O) groups is 2. The van der Waals surface area contributed by atoms with Crippen LogP contribution in [0.3, 0.4) is 0 Å². The van der Waals surface area contributed by atoms with Crippen molar-refractivity contribution in [1.29, 1.82) is 0 Å². The van der Waals surface area contributed by atoms with E-state index in [-0.39, 0.29) is 17.7 Å². The van der Waals surface area contributed by atoms with Gasteiger partial charge in [-0.15, -0.1) is 0 Å². The van der Waals surface area contributed by atoms with E-state index in [9.17, 15) is 9.59 Å². The summed E-state index contributed by atoms with van der Waals surface area (Å²) in [6.45, 7) is 0.606. The number of fused-ring (bicyclic) bond motifs is 1. The lowest BCUT2D eigenvalue weighted by atomic mass is 10.0. The van der Waals surface area contributed by atoms with Crippen LogP contribution >= 0.6 is 55.2 Å². The Bertz CT molecular complexity index is 1490. The van der Waals surface area contributed by atoms with E-state index in [1.54, 1.807) is 6.08 Å². The second-order valence-electron chi connectivity index (χ2n) is 8.13. The first-order valence-corrected chi connectivity index (χ1v) is 13.8. The number of rotatable bonds is 6. The Morgan fingerprint density at radius 3 is 2.36 bits per heavy atom. The standard InChI is InChI=1S/C28H18Br2ClNO3S/c29-23-12-18(13-24(30)26(23)35-16-17-8-10-21(31)11-9-17)14-25-27(33)32(28(34)36-25)15-20-6-3-5-19-4-1-2-7-22(19)20/h1-14H,15-16H2/b25-14-. The van der Waals surface area contributed by atoms with Crippen molar-refractivity contribution in [3.05, 3.63) is 114 Å². The van der Waals surface area contributed by atoms with Crippen molar-refractivity contribution >= 4 is 83.2 Å². The van der Waals surface area contributed by atoms with Crippen molar-refractivity contribution in [2.45, 2.75) is 13.2 Å². The molecule has 2 amide bonds.